The van der Waals surface area contributed by atoms with Gasteiger partial charge in [-0.05, 0) is 12.1 Å². The molecule has 1 aromatic carbocycles. The lowest BCUT2D eigenvalue weighted by atomic mass is 10.2. The average molecular weight is 301 g/mol. The first-order chi connectivity index (χ1) is 9.71. The van der Waals surface area contributed by atoms with Gasteiger partial charge in [-0.2, -0.15) is 13.2 Å². The van der Waals surface area contributed by atoms with Crippen LogP contribution in [0.2, 0.25) is 0 Å². The smallest absolute Gasteiger partial charge is 0.449 e. The number of primary amides is 1. The number of rotatable bonds is 4. The second kappa shape index (κ2) is 5.08. The Hall–Kier alpha value is -2.58. The van der Waals surface area contributed by atoms with E-state index >= 15 is 0 Å². The zero-order chi connectivity index (χ0) is 15.8. The van der Waals surface area contributed by atoms with E-state index in [1.54, 1.807) is 0 Å². The third-order valence-corrected chi connectivity index (χ3v) is 2.83. The minimum absolute atomic E-state index is 0.105. The Labute approximate surface area is 116 Å². The normalized spacial score (nSPS) is 11.8. The number of amides is 1. The number of halogens is 3. The molecule has 0 unspecified atom stereocenters. The summed E-state index contributed by atoms with van der Waals surface area (Å²) in [6.45, 7) is -0.398. The summed E-state index contributed by atoms with van der Waals surface area (Å²) in [5, 5.41) is 9.08. The molecule has 0 fully saturated rings. The highest BCUT2D eigenvalue weighted by atomic mass is 19.4. The van der Waals surface area contributed by atoms with Crippen molar-refractivity contribution < 1.29 is 27.9 Å². The molecule has 112 valence electrons. The zero-order valence-corrected chi connectivity index (χ0v) is 10.5. The van der Waals surface area contributed by atoms with Crippen molar-refractivity contribution in [3.8, 4) is 0 Å². The molecule has 0 aliphatic carbocycles. The number of fused-ring (bicyclic) bond motifs is 1. The highest BCUT2D eigenvalue weighted by Crippen LogP contribution is 2.32. The Morgan fingerprint density at radius 2 is 2.00 bits per heavy atom. The van der Waals surface area contributed by atoms with E-state index < -0.39 is 30.4 Å². The van der Waals surface area contributed by atoms with Gasteiger partial charge in [-0.25, -0.2) is 9.78 Å². The topological polar surface area (TPSA) is 98.2 Å². The third-order valence-electron chi connectivity index (χ3n) is 2.83. The number of imidazole rings is 1. The number of benzene rings is 1. The van der Waals surface area contributed by atoms with E-state index in [0.717, 1.165) is 0 Å². The van der Waals surface area contributed by atoms with E-state index in [0.29, 0.717) is 4.57 Å². The summed E-state index contributed by atoms with van der Waals surface area (Å²) < 4.78 is 39.7. The molecular formula is C12H10F3N3O3. The molecular weight excluding hydrogens is 291 g/mol. The fraction of sp³-hybridized carbons (Fsp3) is 0.250. The summed E-state index contributed by atoms with van der Waals surface area (Å²) in [5.74, 6) is -3.43. The van der Waals surface area contributed by atoms with Gasteiger partial charge in [0.15, 0.2) is 0 Å². The Bertz CT molecular complexity index is 722. The van der Waals surface area contributed by atoms with Crippen molar-refractivity contribution in [2.45, 2.75) is 19.1 Å². The van der Waals surface area contributed by atoms with Crippen LogP contribution in [-0.4, -0.2) is 26.5 Å². The number of aromatic nitrogens is 2. The van der Waals surface area contributed by atoms with E-state index in [1.807, 2.05) is 0 Å². The molecule has 1 heterocycles. The van der Waals surface area contributed by atoms with Crippen molar-refractivity contribution >= 4 is 22.9 Å². The molecule has 1 aromatic heterocycles. The van der Waals surface area contributed by atoms with Crippen LogP contribution in [-0.2, 0) is 17.5 Å². The number of nitrogens with zero attached hydrogens (tertiary/aromatic N) is 2. The van der Waals surface area contributed by atoms with Gasteiger partial charge in [0, 0.05) is 13.0 Å². The standard InChI is InChI=1S/C12H10F3N3O3/c13-12(14,15)11-17-7-3-1-2-6(10(20)21)9(7)18(11)5-4-8(16)19/h1-3H,4-5H2,(H2,16,19)(H,20,21). The van der Waals surface area contributed by atoms with E-state index in [4.69, 9.17) is 10.8 Å². The van der Waals surface area contributed by atoms with Crippen LogP contribution in [0.15, 0.2) is 18.2 Å². The molecule has 0 aliphatic rings. The molecule has 0 atom stereocenters. The van der Waals surface area contributed by atoms with E-state index in [2.05, 4.69) is 4.98 Å². The van der Waals surface area contributed by atoms with E-state index in [1.165, 1.54) is 18.2 Å². The van der Waals surface area contributed by atoms with Crippen LogP contribution >= 0.6 is 0 Å². The van der Waals surface area contributed by atoms with Gasteiger partial charge < -0.3 is 15.4 Å². The number of aryl methyl sites for hydroxylation is 1. The number of alkyl halides is 3. The lowest BCUT2D eigenvalue weighted by Crippen LogP contribution is -2.19. The van der Waals surface area contributed by atoms with Gasteiger partial charge in [0.1, 0.15) is 0 Å². The first-order valence-electron chi connectivity index (χ1n) is 5.80. The fourth-order valence-electron chi connectivity index (χ4n) is 2.01. The zero-order valence-electron chi connectivity index (χ0n) is 10.5. The molecule has 2 rings (SSSR count). The van der Waals surface area contributed by atoms with Gasteiger partial charge in [0.2, 0.25) is 11.7 Å². The Morgan fingerprint density at radius 3 is 2.52 bits per heavy atom. The molecule has 1 amide bonds. The van der Waals surface area contributed by atoms with Crippen LogP contribution in [0, 0.1) is 0 Å². The lowest BCUT2D eigenvalue weighted by molar-refractivity contribution is -0.147. The molecule has 0 saturated carbocycles. The number of carboxylic acid groups (broad SMARTS) is 1. The van der Waals surface area contributed by atoms with Crippen molar-refractivity contribution in [3.05, 3.63) is 29.6 Å². The molecule has 2 aromatic rings. The van der Waals surface area contributed by atoms with Gasteiger partial charge >= 0.3 is 12.1 Å². The molecule has 0 saturated heterocycles. The number of nitrogens with two attached hydrogens (primary N) is 1. The fourth-order valence-corrected chi connectivity index (χ4v) is 2.01. The molecule has 21 heavy (non-hydrogen) atoms. The molecule has 9 heteroatoms. The van der Waals surface area contributed by atoms with Gasteiger partial charge in [-0.1, -0.05) is 6.07 Å². The summed E-state index contributed by atoms with van der Waals surface area (Å²) in [7, 11) is 0. The van der Waals surface area contributed by atoms with Gasteiger partial charge in [0.05, 0.1) is 16.6 Å². The van der Waals surface area contributed by atoms with Crippen molar-refractivity contribution in [2.24, 2.45) is 5.73 Å². The number of carbonyl (C=O) groups excluding carboxylic acids is 1. The predicted molar refractivity (Wildman–Crippen MR) is 65.5 cm³/mol. The maximum absolute atomic E-state index is 13.0. The maximum atomic E-state index is 13.0. The number of carboxylic acids is 1. The third kappa shape index (κ3) is 2.81. The molecule has 0 bridgehead atoms. The van der Waals surface area contributed by atoms with Gasteiger partial charge in [-0.3, -0.25) is 4.79 Å². The minimum atomic E-state index is -4.77. The van der Waals surface area contributed by atoms with Crippen LogP contribution in [0.3, 0.4) is 0 Å². The predicted octanol–water partition coefficient (Wildman–Crippen LogP) is 1.63. The molecule has 6 nitrogen and oxygen atoms in total. The number of hydrogen-bond donors (Lipinski definition) is 2. The highest BCUT2D eigenvalue weighted by Gasteiger charge is 2.38. The average Bonchev–Trinajstić information content (AvgIpc) is 2.74. The number of hydrogen-bond acceptors (Lipinski definition) is 3. The van der Waals surface area contributed by atoms with Crippen LogP contribution in [0.25, 0.3) is 11.0 Å². The Balaban J connectivity index is 2.73. The van der Waals surface area contributed by atoms with Crippen molar-refractivity contribution in [1.29, 1.82) is 0 Å². The summed E-state index contributed by atoms with van der Waals surface area (Å²) in [4.78, 5) is 25.4. The second-order valence-electron chi connectivity index (χ2n) is 4.28. The van der Waals surface area contributed by atoms with Crippen molar-refractivity contribution in [1.82, 2.24) is 9.55 Å². The van der Waals surface area contributed by atoms with E-state index in [9.17, 15) is 22.8 Å². The maximum Gasteiger partial charge on any atom is 0.449 e. The lowest BCUT2D eigenvalue weighted by Gasteiger charge is -2.11. The summed E-state index contributed by atoms with van der Waals surface area (Å²) in [5.41, 5.74) is 4.33. The first kappa shape index (κ1) is 14.8. The Kier molecular flexibility index (Phi) is 3.58. The molecule has 3 N–H and O–H groups in total. The van der Waals surface area contributed by atoms with Crippen LogP contribution < -0.4 is 5.73 Å². The largest absolute Gasteiger partial charge is 0.478 e. The molecule has 0 radical (unpaired) electrons. The molecule has 0 aliphatic heterocycles. The van der Waals surface area contributed by atoms with Crippen molar-refractivity contribution in [3.63, 3.8) is 0 Å². The summed E-state index contributed by atoms with van der Waals surface area (Å²) in [6, 6.07) is 3.75. The van der Waals surface area contributed by atoms with Crippen LogP contribution in [0.1, 0.15) is 22.6 Å². The van der Waals surface area contributed by atoms with Crippen LogP contribution in [0.5, 0.6) is 0 Å². The number of carbonyl (C=O) groups is 2. The van der Waals surface area contributed by atoms with Gasteiger partial charge in [0.25, 0.3) is 0 Å². The number of aromatic carboxylic acids is 1. The van der Waals surface area contributed by atoms with Crippen molar-refractivity contribution in [2.75, 3.05) is 0 Å². The van der Waals surface area contributed by atoms with Crippen LogP contribution in [0.4, 0.5) is 13.2 Å². The monoisotopic (exact) mass is 301 g/mol. The highest BCUT2D eigenvalue weighted by molar-refractivity contribution is 6.01. The summed E-state index contributed by atoms with van der Waals surface area (Å²) in [6.07, 6.45) is -5.13. The number of para-hydroxylation sites is 1. The van der Waals surface area contributed by atoms with E-state index in [-0.39, 0.29) is 23.0 Å². The molecule has 0 spiro atoms. The Morgan fingerprint density at radius 1 is 1.33 bits per heavy atom. The quantitative estimate of drug-likeness (QED) is 0.896. The summed E-state index contributed by atoms with van der Waals surface area (Å²) >= 11 is 0. The SMILES string of the molecule is NC(=O)CCn1c(C(F)(F)F)nc2cccc(C(=O)O)c21. The first-order valence-corrected chi connectivity index (χ1v) is 5.80. The minimum Gasteiger partial charge on any atom is -0.478 e. The van der Waals surface area contributed by atoms with Gasteiger partial charge in [-0.15, -0.1) is 0 Å². The second-order valence-corrected chi connectivity index (χ2v) is 4.28.